The van der Waals surface area contributed by atoms with Crippen molar-refractivity contribution < 1.29 is 13.2 Å². The Kier molecular flexibility index (Phi) is 5.28. The molecule has 3 aliphatic heterocycles. The van der Waals surface area contributed by atoms with Gasteiger partial charge >= 0.3 is 0 Å². The summed E-state index contributed by atoms with van der Waals surface area (Å²) in [4.78, 5) is 16.8. The molecule has 0 aliphatic carbocycles. The number of fused-ring (bicyclic) bond motifs is 1. The smallest absolute Gasteiger partial charge is 0.222 e. The zero-order chi connectivity index (χ0) is 16.4. The zero-order valence-electron chi connectivity index (χ0n) is 14.1. The molecule has 0 saturated carbocycles. The van der Waals surface area contributed by atoms with Crippen LogP contribution in [0.4, 0.5) is 0 Å². The summed E-state index contributed by atoms with van der Waals surface area (Å²) in [5, 5.41) is 0. The Bertz CT molecular complexity index is 531. The standard InChI is InChI=1S/C16H29N3O3S/c1-2-13-23(21,22)19-10-7-14-15(19)5-6-16(20)18(14)12-11-17-8-3-4-9-17/h14-15H,2-13H2,1H3/t14-,15-/m1/s1. The molecule has 0 aromatic rings. The lowest BCUT2D eigenvalue weighted by Crippen LogP contribution is -2.54. The first-order valence-corrected chi connectivity index (χ1v) is 10.6. The lowest BCUT2D eigenvalue weighted by Gasteiger charge is -2.40. The van der Waals surface area contributed by atoms with E-state index in [-0.39, 0.29) is 23.7 Å². The number of likely N-dealkylation sites (tertiary alicyclic amines) is 2. The summed E-state index contributed by atoms with van der Waals surface area (Å²) in [6.07, 6.45) is 5.12. The number of piperidine rings is 1. The van der Waals surface area contributed by atoms with Crippen LogP contribution >= 0.6 is 0 Å². The fourth-order valence-electron chi connectivity index (χ4n) is 4.38. The summed E-state index contributed by atoms with van der Waals surface area (Å²) in [5.74, 6) is 0.429. The summed E-state index contributed by atoms with van der Waals surface area (Å²) >= 11 is 0. The third kappa shape index (κ3) is 3.56. The number of nitrogens with zero attached hydrogens (tertiary/aromatic N) is 3. The Morgan fingerprint density at radius 2 is 1.78 bits per heavy atom. The molecule has 0 N–H and O–H groups in total. The van der Waals surface area contributed by atoms with Gasteiger partial charge in [0.1, 0.15) is 0 Å². The van der Waals surface area contributed by atoms with Crippen molar-refractivity contribution >= 4 is 15.9 Å². The molecule has 1 amide bonds. The van der Waals surface area contributed by atoms with Crippen molar-refractivity contribution in [3.05, 3.63) is 0 Å². The largest absolute Gasteiger partial charge is 0.337 e. The highest BCUT2D eigenvalue weighted by Crippen LogP contribution is 2.33. The average Bonchev–Trinajstić information content (AvgIpc) is 3.15. The van der Waals surface area contributed by atoms with E-state index in [1.165, 1.54) is 12.8 Å². The molecule has 0 aromatic heterocycles. The van der Waals surface area contributed by atoms with E-state index in [0.29, 0.717) is 25.8 Å². The molecular formula is C16H29N3O3S. The Morgan fingerprint density at radius 3 is 2.48 bits per heavy atom. The quantitative estimate of drug-likeness (QED) is 0.718. The molecule has 0 aromatic carbocycles. The summed E-state index contributed by atoms with van der Waals surface area (Å²) in [7, 11) is -3.17. The minimum Gasteiger partial charge on any atom is -0.337 e. The fourth-order valence-corrected chi connectivity index (χ4v) is 6.17. The van der Waals surface area contributed by atoms with Gasteiger partial charge in [0, 0.05) is 38.1 Å². The summed E-state index contributed by atoms with van der Waals surface area (Å²) in [6.45, 7) is 6.42. The van der Waals surface area contributed by atoms with Crippen LogP contribution in [0.5, 0.6) is 0 Å². The first kappa shape index (κ1) is 17.2. The van der Waals surface area contributed by atoms with Gasteiger partial charge in [0.05, 0.1) is 5.75 Å². The highest BCUT2D eigenvalue weighted by molar-refractivity contribution is 7.89. The van der Waals surface area contributed by atoms with E-state index in [4.69, 9.17) is 0 Å². The van der Waals surface area contributed by atoms with E-state index in [1.807, 2.05) is 11.8 Å². The number of carbonyl (C=O) groups is 1. The maximum atomic E-state index is 12.5. The van der Waals surface area contributed by atoms with Crippen LogP contribution < -0.4 is 0 Å². The van der Waals surface area contributed by atoms with Gasteiger partial charge in [0.2, 0.25) is 15.9 Å². The molecule has 0 unspecified atom stereocenters. The molecular weight excluding hydrogens is 314 g/mol. The lowest BCUT2D eigenvalue weighted by atomic mass is 9.97. The molecule has 7 heteroatoms. The van der Waals surface area contributed by atoms with Crippen molar-refractivity contribution in [1.29, 1.82) is 0 Å². The van der Waals surface area contributed by atoms with Gasteiger partial charge in [-0.1, -0.05) is 6.92 Å². The van der Waals surface area contributed by atoms with Gasteiger partial charge in [-0.3, -0.25) is 4.79 Å². The van der Waals surface area contributed by atoms with Crippen LogP contribution in [0.2, 0.25) is 0 Å². The molecule has 3 rings (SSSR count). The van der Waals surface area contributed by atoms with E-state index in [2.05, 4.69) is 4.90 Å². The Labute approximate surface area is 139 Å². The van der Waals surface area contributed by atoms with E-state index in [0.717, 1.165) is 32.6 Å². The highest BCUT2D eigenvalue weighted by Gasteiger charge is 2.46. The number of carbonyl (C=O) groups excluding carboxylic acids is 1. The third-order valence-corrected chi connectivity index (χ3v) is 7.60. The average molecular weight is 343 g/mol. The van der Waals surface area contributed by atoms with E-state index >= 15 is 0 Å². The molecule has 23 heavy (non-hydrogen) atoms. The van der Waals surface area contributed by atoms with Crippen LogP contribution in [0.25, 0.3) is 0 Å². The van der Waals surface area contributed by atoms with Gasteiger partial charge in [0.25, 0.3) is 0 Å². The second-order valence-electron chi connectivity index (χ2n) is 7.02. The molecule has 6 nitrogen and oxygen atoms in total. The van der Waals surface area contributed by atoms with Crippen molar-refractivity contribution in [3.8, 4) is 0 Å². The summed E-state index contributed by atoms with van der Waals surface area (Å²) in [5.41, 5.74) is 0. The van der Waals surface area contributed by atoms with E-state index < -0.39 is 10.0 Å². The minimum absolute atomic E-state index is 0.00262. The Hall–Kier alpha value is -0.660. The molecule has 0 bridgehead atoms. The van der Waals surface area contributed by atoms with Crippen molar-refractivity contribution in [2.45, 2.75) is 57.5 Å². The zero-order valence-corrected chi connectivity index (χ0v) is 14.9. The predicted molar refractivity (Wildman–Crippen MR) is 89.6 cm³/mol. The molecule has 0 spiro atoms. The van der Waals surface area contributed by atoms with E-state index in [9.17, 15) is 13.2 Å². The van der Waals surface area contributed by atoms with Crippen LogP contribution in [-0.2, 0) is 14.8 Å². The Morgan fingerprint density at radius 1 is 1.04 bits per heavy atom. The number of hydrogen-bond donors (Lipinski definition) is 0. The molecule has 3 heterocycles. The van der Waals surface area contributed by atoms with Crippen molar-refractivity contribution in [1.82, 2.24) is 14.1 Å². The van der Waals surface area contributed by atoms with Crippen LogP contribution in [0.3, 0.4) is 0 Å². The lowest BCUT2D eigenvalue weighted by molar-refractivity contribution is -0.137. The first-order valence-electron chi connectivity index (χ1n) is 9.04. The molecule has 132 valence electrons. The summed E-state index contributed by atoms with van der Waals surface area (Å²) < 4.78 is 26.6. The molecule has 3 aliphatic rings. The fraction of sp³-hybridized carbons (Fsp3) is 0.938. The van der Waals surface area contributed by atoms with Crippen LogP contribution in [0.15, 0.2) is 0 Å². The normalized spacial score (nSPS) is 30.1. The monoisotopic (exact) mass is 343 g/mol. The molecule has 3 fully saturated rings. The molecule has 0 radical (unpaired) electrons. The highest BCUT2D eigenvalue weighted by atomic mass is 32.2. The number of rotatable bonds is 6. The second-order valence-corrected chi connectivity index (χ2v) is 9.07. The first-order chi connectivity index (χ1) is 11.0. The Balaban J connectivity index is 1.66. The maximum absolute atomic E-state index is 12.5. The van der Waals surface area contributed by atoms with Gasteiger partial charge in [0.15, 0.2) is 0 Å². The van der Waals surface area contributed by atoms with Crippen LogP contribution in [0, 0.1) is 0 Å². The number of sulfonamides is 1. The van der Waals surface area contributed by atoms with Gasteiger partial charge in [-0.2, -0.15) is 4.31 Å². The van der Waals surface area contributed by atoms with Crippen molar-refractivity contribution in [2.75, 3.05) is 38.5 Å². The third-order valence-electron chi connectivity index (χ3n) is 5.51. The molecule has 3 saturated heterocycles. The second kappa shape index (κ2) is 7.07. The number of hydrogen-bond acceptors (Lipinski definition) is 4. The maximum Gasteiger partial charge on any atom is 0.222 e. The van der Waals surface area contributed by atoms with Crippen molar-refractivity contribution in [2.24, 2.45) is 0 Å². The molecule has 2 atom stereocenters. The van der Waals surface area contributed by atoms with Gasteiger partial charge in [-0.05, 0) is 45.2 Å². The minimum atomic E-state index is -3.17. The topological polar surface area (TPSA) is 60.9 Å². The SMILES string of the molecule is CCCS(=O)(=O)N1CC[C@@H]2[C@H]1CCC(=O)N2CCN1CCCC1. The van der Waals surface area contributed by atoms with E-state index in [1.54, 1.807) is 4.31 Å². The van der Waals surface area contributed by atoms with Crippen LogP contribution in [-0.4, -0.2) is 79.0 Å². The van der Waals surface area contributed by atoms with Crippen molar-refractivity contribution in [3.63, 3.8) is 0 Å². The van der Waals surface area contributed by atoms with Crippen LogP contribution in [0.1, 0.15) is 45.4 Å². The van der Waals surface area contributed by atoms with Gasteiger partial charge in [-0.15, -0.1) is 0 Å². The van der Waals surface area contributed by atoms with Gasteiger partial charge in [-0.25, -0.2) is 8.42 Å². The predicted octanol–water partition coefficient (Wildman–Crippen LogP) is 0.887. The summed E-state index contributed by atoms with van der Waals surface area (Å²) in [6, 6.07) is 0.0910. The number of amides is 1. The van der Waals surface area contributed by atoms with Gasteiger partial charge < -0.3 is 9.80 Å².